The maximum absolute atomic E-state index is 6.24. The summed E-state index contributed by atoms with van der Waals surface area (Å²) in [7, 11) is 0. The lowest BCUT2D eigenvalue weighted by molar-refractivity contribution is 0.298. The quantitative estimate of drug-likeness (QED) is 0.887. The minimum atomic E-state index is 0.155. The van der Waals surface area contributed by atoms with E-state index in [2.05, 4.69) is 12.1 Å². The number of halogens is 1. The molecule has 0 bridgehead atoms. The highest BCUT2D eigenvalue weighted by molar-refractivity contribution is 6.32. The molecule has 1 aromatic rings. The van der Waals surface area contributed by atoms with E-state index in [0.717, 1.165) is 29.8 Å². The summed E-state index contributed by atoms with van der Waals surface area (Å²) in [6.45, 7) is 1.52. The minimum absolute atomic E-state index is 0.155. The lowest BCUT2D eigenvalue weighted by atomic mass is 9.79. The Balaban J connectivity index is 1.82. The third-order valence-electron chi connectivity index (χ3n) is 4.67. The maximum Gasteiger partial charge on any atom is 0.138 e. The molecular formula is C16H22ClNO. The van der Waals surface area contributed by atoms with Crippen molar-refractivity contribution in [2.75, 3.05) is 13.2 Å². The summed E-state index contributed by atoms with van der Waals surface area (Å²) in [5.41, 5.74) is 7.51. The number of hydrogen-bond acceptors (Lipinski definition) is 2. The molecule has 3 heteroatoms. The Hall–Kier alpha value is -0.730. The molecule has 0 aliphatic heterocycles. The third kappa shape index (κ3) is 2.75. The van der Waals surface area contributed by atoms with E-state index in [1.807, 2.05) is 6.07 Å². The van der Waals surface area contributed by atoms with Gasteiger partial charge >= 0.3 is 0 Å². The average molecular weight is 280 g/mol. The second-order valence-corrected chi connectivity index (χ2v) is 6.50. The average Bonchev–Trinajstić information content (AvgIpc) is 3.13. The van der Waals surface area contributed by atoms with Crippen LogP contribution in [0.4, 0.5) is 0 Å². The molecule has 2 aliphatic rings. The number of rotatable bonds is 5. The van der Waals surface area contributed by atoms with Crippen LogP contribution in [0.3, 0.4) is 0 Å². The molecule has 19 heavy (non-hydrogen) atoms. The molecule has 2 fully saturated rings. The molecule has 0 spiro atoms. The first-order valence-electron chi connectivity index (χ1n) is 7.36. The SMILES string of the molecule is NCC1(c2ccc(Cl)c(OCC3CC3)c2)CCCC1. The Morgan fingerprint density at radius 1 is 1.26 bits per heavy atom. The van der Waals surface area contributed by atoms with E-state index in [4.69, 9.17) is 22.1 Å². The minimum Gasteiger partial charge on any atom is -0.492 e. The molecule has 0 aromatic heterocycles. The fourth-order valence-corrected chi connectivity index (χ4v) is 3.27. The summed E-state index contributed by atoms with van der Waals surface area (Å²) in [6.07, 6.45) is 7.52. The normalized spacial score (nSPS) is 21.6. The van der Waals surface area contributed by atoms with Crippen molar-refractivity contribution >= 4 is 11.6 Å². The highest BCUT2D eigenvalue weighted by Gasteiger charge is 2.34. The Morgan fingerprint density at radius 3 is 2.63 bits per heavy atom. The fraction of sp³-hybridized carbons (Fsp3) is 0.625. The highest BCUT2D eigenvalue weighted by Crippen LogP contribution is 2.42. The Morgan fingerprint density at radius 2 is 2.00 bits per heavy atom. The molecule has 2 nitrogen and oxygen atoms in total. The standard InChI is InChI=1S/C16H22ClNO/c17-14-6-5-13(16(11-18)7-1-2-8-16)9-15(14)19-10-12-3-4-12/h5-6,9,12H,1-4,7-8,10-11,18H2. The Labute approximate surface area is 120 Å². The second-order valence-electron chi connectivity index (χ2n) is 6.09. The van der Waals surface area contributed by atoms with Gasteiger partial charge in [0.25, 0.3) is 0 Å². The van der Waals surface area contributed by atoms with Crippen LogP contribution in [-0.4, -0.2) is 13.2 Å². The number of ether oxygens (including phenoxy) is 1. The molecule has 0 atom stereocenters. The summed E-state index contributed by atoms with van der Waals surface area (Å²) in [4.78, 5) is 0. The van der Waals surface area contributed by atoms with E-state index in [0.29, 0.717) is 0 Å². The smallest absolute Gasteiger partial charge is 0.138 e. The van der Waals surface area contributed by atoms with Crippen LogP contribution in [0.1, 0.15) is 44.1 Å². The van der Waals surface area contributed by atoms with Crippen LogP contribution >= 0.6 is 11.6 Å². The molecule has 1 aromatic carbocycles. The summed E-state index contributed by atoms with van der Waals surface area (Å²) < 4.78 is 5.88. The lowest BCUT2D eigenvalue weighted by Crippen LogP contribution is -2.31. The van der Waals surface area contributed by atoms with Gasteiger partial charge in [0.15, 0.2) is 0 Å². The fourth-order valence-electron chi connectivity index (χ4n) is 3.10. The van der Waals surface area contributed by atoms with Crippen molar-refractivity contribution in [1.29, 1.82) is 0 Å². The van der Waals surface area contributed by atoms with Crippen molar-refractivity contribution in [3.63, 3.8) is 0 Å². The van der Waals surface area contributed by atoms with Gasteiger partial charge in [0.1, 0.15) is 5.75 Å². The van der Waals surface area contributed by atoms with E-state index in [1.165, 1.54) is 44.1 Å². The number of benzene rings is 1. The van der Waals surface area contributed by atoms with Gasteiger partial charge in [-0.2, -0.15) is 0 Å². The van der Waals surface area contributed by atoms with Crippen molar-refractivity contribution in [2.45, 2.75) is 43.9 Å². The summed E-state index contributed by atoms with van der Waals surface area (Å²) >= 11 is 6.24. The largest absolute Gasteiger partial charge is 0.492 e. The van der Waals surface area contributed by atoms with E-state index in [-0.39, 0.29) is 5.41 Å². The topological polar surface area (TPSA) is 35.2 Å². The van der Waals surface area contributed by atoms with Crippen LogP contribution in [0.15, 0.2) is 18.2 Å². The summed E-state index contributed by atoms with van der Waals surface area (Å²) in [5, 5.41) is 0.717. The van der Waals surface area contributed by atoms with Crippen LogP contribution in [0.5, 0.6) is 5.75 Å². The van der Waals surface area contributed by atoms with Gasteiger partial charge in [-0.05, 0) is 49.3 Å². The molecule has 0 saturated heterocycles. The highest BCUT2D eigenvalue weighted by atomic mass is 35.5. The van der Waals surface area contributed by atoms with Crippen LogP contribution in [-0.2, 0) is 5.41 Å². The molecule has 2 aliphatic carbocycles. The van der Waals surface area contributed by atoms with E-state index >= 15 is 0 Å². The van der Waals surface area contributed by atoms with Gasteiger partial charge < -0.3 is 10.5 Å². The Bertz CT molecular complexity index is 450. The van der Waals surface area contributed by atoms with Gasteiger partial charge in [0, 0.05) is 12.0 Å². The molecule has 0 heterocycles. The molecular weight excluding hydrogens is 258 g/mol. The van der Waals surface area contributed by atoms with Crippen molar-refractivity contribution in [3.05, 3.63) is 28.8 Å². The third-order valence-corrected chi connectivity index (χ3v) is 4.98. The van der Waals surface area contributed by atoms with Crippen LogP contribution in [0, 0.1) is 5.92 Å². The lowest BCUT2D eigenvalue weighted by Gasteiger charge is -2.28. The van der Waals surface area contributed by atoms with Crippen molar-refractivity contribution < 1.29 is 4.74 Å². The summed E-state index contributed by atoms with van der Waals surface area (Å²) in [6, 6.07) is 6.22. The Kier molecular flexibility index (Phi) is 3.72. The van der Waals surface area contributed by atoms with E-state index in [9.17, 15) is 0 Å². The zero-order chi connectivity index (χ0) is 13.3. The summed E-state index contributed by atoms with van der Waals surface area (Å²) in [5.74, 6) is 1.58. The maximum atomic E-state index is 6.24. The van der Waals surface area contributed by atoms with Gasteiger partial charge in [-0.3, -0.25) is 0 Å². The van der Waals surface area contributed by atoms with Gasteiger partial charge in [0.05, 0.1) is 11.6 Å². The molecule has 0 amide bonds. The van der Waals surface area contributed by atoms with Gasteiger partial charge in [-0.1, -0.05) is 30.5 Å². The molecule has 3 rings (SSSR count). The predicted octanol–water partition coefficient (Wildman–Crippen LogP) is 3.90. The van der Waals surface area contributed by atoms with E-state index < -0.39 is 0 Å². The molecule has 104 valence electrons. The van der Waals surface area contributed by atoms with Crippen LogP contribution < -0.4 is 10.5 Å². The first-order valence-corrected chi connectivity index (χ1v) is 7.74. The predicted molar refractivity (Wildman–Crippen MR) is 78.9 cm³/mol. The van der Waals surface area contributed by atoms with Crippen molar-refractivity contribution in [2.24, 2.45) is 11.7 Å². The second kappa shape index (κ2) is 5.34. The van der Waals surface area contributed by atoms with Crippen LogP contribution in [0.2, 0.25) is 5.02 Å². The first kappa shape index (κ1) is 13.3. The van der Waals surface area contributed by atoms with Gasteiger partial charge in [-0.15, -0.1) is 0 Å². The van der Waals surface area contributed by atoms with Gasteiger partial charge in [0.2, 0.25) is 0 Å². The zero-order valence-electron chi connectivity index (χ0n) is 11.3. The molecule has 2 saturated carbocycles. The van der Waals surface area contributed by atoms with Crippen molar-refractivity contribution in [3.8, 4) is 5.75 Å². The first-order chi connectivity index (χ1) is 9.23. The molecule has 0 unspecified atom stereocenters. The monoisotopic (exact) mass is 279 g/mol. The molecule has 2 N–H and O–H groups in total. The molecule has 0 radical (unpaired) electrons. The van der Waals surface area contributed by atoms with E-state index in [1.54, 1.807) is 0 Å². The number of hydrogen-bond donors (Lipinski definition) is 1. The zero-order valence-corrected chi connectivity index (χ0v) is 12.1. The van der Waals surface area contributed by atoms with Gasteiger partial charge in [-0.25, -0.2) is 0 Å². The van der Waals surface area contributed by atoms with Crippen molar-refractivity contribution in [1.82, 2.24) is 0 Å². The van der Waals surface area contributed by atoms with Crippen LogP contribution in [0.25, 0.3) is 0 Å². The number of nitrogens with two attached hydrogens (primary N) is 1.